The van der Waals surface area contributed by atoms with E-state index in [1.807, 2.05) is 6.92 Å². The zero-order valence-corrected chi connectivity index (χ0v) is 12.4. The zero-order valence-electron chi connectivity index (χ0n) is 12.4. The van der Waals surface area contributed by atoms with Crippen LogP contribution < -0.4 is 21.7 Å². The van der Waals surface area contributed by atoms with Crippen LogP contribution in [0, 0.1) is 0 Å². The monoisotopic (exact) mass is 294 g/mol. The van der Waals surface area contributed by atoms with Gasteiger partial charge in [-0.15, -0.1) is 0 Å². The first-order chi connectivity index (χ1) is 10.1. The van der Waals surface area contributed by atoms with E-state index in [9.17, 15) is 9.59 Å². The first-order valence-electron chi connectivity index (χ1n) is 6.75. The van der Waals surface area contributed by atoms with Gasteiger partial charge in [-0.05, 0) is 25.1 Å². The molecule has 5 N–H and O–H groups in total. The first-order valence-corrected chi connectivity index (χ1v) is 6.75. The summed E-state index contributed by atoms with van der Waals surface area (Å²) >= 11 is 0. The van der Waals surface area contributed by atoms with Gasteiger partial charge in [-0.3, -0.25) is 9.59 Å². The molecule has 1 rings (SSSR count). The predicted molar refractivity (Wildman–Crippen MR) is 82.2 cm³/mol. The summed E-state index contributed by atoms with van der Waals surface area (Å²) in [6, 6.07) is 4.92. The van der Waals surface area contributed by atoms with Crippen LogP contribution in [0.1, 0.15) is 17.3 Å². The van der Waals surface area contributed by atoms with Crippen LogP contribution in [0.25, 0.3) is 0 Å². The lowest BCUT2D eigenvalue weighted by atomic mass is 10.1. The number of nitrogen functional groups attached to an aromatic ring is 1. The van der Waals surface area contributed by atoms with Gasteiger partial charge in [-0.25, -0.2) is 0 Å². The molecule has 1 aromatic carbocycles. The predicted octanol–water partition coefficient (Wildman–Crippen LogP) is 0.193. The van der Waals surface area contributed by atoms with E-state index in [0.717, 1.165) is 0 Å². The number of carbonyl (C=O) groups excluding carboxylic acids is 2. The molecule has 0 aliphatic heterocycles. The molecule has 0 radical (unpaired) electrons. The minimum atomic E-state index is -0.173. The lowest BCUT2D eigenvalue weighted by Crippen LogP contribution is -2.32. The minimum Gasteiger partial charge on any atom is -0.397 e. The van der Waals surface area contributed by atoms with Crippen molar-refractivity contribution in [1.29, 1.82) is 0 Å². The minimum absolute atomic E-state index is 0.106. The average Bonchev–Trinajstić information content (AvgIpc) is 2.46. The van der Waals surface area contributed by atoms with E-state index in [2.05, 4.69) is 16.0 Å². The highest BCUT2D eigenvalue weighted by Gasteiger charge is 2.08. The van der Waals surface area contributed by atoms with Gasteiger partial charge in [0, 0.05) is 25.8 Å². The van der Waals surface area contributed by atoms with Gasteiger partial charge in [0.25, 0.3) is 5.91 Å². The third kappa shape index (κ3) is 5.70. The van der Waals surface area contributed by atoms with E-state index in [1.165, 1.54) is 0 Å². The van der Waals surface area contributed by atoms with E-state index in [0.29, 0.717) is 36.6 Å². The highest BCUT2D eigenvalue weighted by Crippen LogP contribution is 2.19. The van der Waals surface area contributed by atoms with Crippen molar-refractivity contribution in [3.8, 4) is 0 Å². The lowest BCUT2D eigenvalue weighted by molar-refractivity contribution is -0.119. The Labute approximate surface area is 124 Å². The Hall–Kier alpha value is -2.28. The number of anilines is 2. The molecule has 0 saturated carbocycles. The third-order valence-corrected chi connectivity index (χ3v) is 2.72. The molecule has 0 aliphatic carbocycles. The summed E-state index contributed by atoms with van der Waals surface area (Å²) in [4.78, 5) is 23.2. The number of carbonyl (C=O) groups is 2. The summed E-state index contributed by atoms with van der Waals surface area (Å²) in [6.07, 6.45) is 0. The molecule has 0 heterocycles. The average molecular weight is 294 g/mol. The molecule has 7 nitrogen and oxygen atoms in total. The van der Waals surface area contributed by atoms with E-state index in [-0.39, 0.29) is 18.4 Å². The molecule has 0 unspecified atom stereocenters. The Morgan fingerprint density at radius 1 is 1.29 bits per heavy atom. The second-order valence-corrected chi connectivity index (χ2v) is 4.36. The smallest absolute Gasteiger partial charge is 0.251 e. The standard InChI is InChI=1S/C14H22N4O3/c1-3-16-14(20)10-4-5-12(11(15)8-10)18-9-13(19)17-6-7-21-2/h4-5,8,18H,3,6-7,9,15H2,1-2H3,(H,16,20)(H,17,19). The summed E-state index contributed by atoms with van der Waals surface area (Å²) in [7, 11) is 1.57. The maximum atomic E-state index is 11.7. The Bertz CT molecular complexity index is 491. The highest BCUT2D eigenvalue weighted by atomic mass is 16.5. The number of amides is 2. The molecule has 0 spiro atoms. The van der Waals surface area contributed by atoms with Crippen LogP contribution >= 0.6 is 0 Å². The second-order valence-electron chi connectivity index (χ2n) is 4.36. The second kappa shape index (κ2) is 8.80. The maximum Gasteiger partial charge on any atom is 0.251 e. The fraction of sp³-hybridized carbons (Fsp3) is 0.429. The van der Waals surface area contributed by atoms with Gasteiger partial charge in [0.05, 0.1) is 24.5 Å². The van der Waals surface area contributed by atoms with Crippen molar-refractivity contribution in [2.45, 2.75) is 6.92 Å². The number of ether oxygens (including phenoxy) is 1. The van der Waals surface area contributed by atoms with Gasteiger partial charge in [0.1, 0.15) is 0 Å². The zero-order chi connectivity index (χ0) is 15.7. The maximum absolute atomic E-state index is 11.7. The molecule has 0 fully saturated rings. The number of nitrogens with one attached hydrogen (secondary N) is 3. The molecule has 1 aromatic rings. The van der Waals surface area contributed by atoms with Gasteiger partial charge in [0.15, 0.2) is 0 Å². The van der Waals surface area contributed by atoms with E-state index >= 15 is 0 Å². The fourth-order valence-corrected chi connectivity index (χ4v) is 1.66. The Morgan fingerprint density at radius 2 is 2.05 bits per heavy atom. The molecular formula is C14H22N4O3. The van der Waals surface area contributed by atoms with Crippen LogP contribution in [-0.4, -0.2) is 45.2 Å². The number of methoxy groups -OCH3 is 1. The van der Waals surface area contributed by atoms with Gasteiger partial charge in [0.2, 0.25) is 5.91 Å². The molecule has 0 bridgehead atoms. The highest BCUT2D eigenvalue weighted by molar-refractivity contribution is 5.96. The van der Waals surface area contributed by atoms with Crippen LogP contribution in [0.2, 0.25) is 0 Å². The number of hydrogen-bond donors (Lipinski definition) is 4. The first kappa shape index (κ1) is 16.8. The van der Waals surface area contributed by atoms with Crippen molar-refractivity contribution in [2.75, 3.05) is 44.4 Å². The molecule has 2 amide bonds. The van der Waals surface area contributed by atoms with Crippen molar-refractivity contribution < 1.29 is 14.3 Å². The molecular weight excluding hydrogens is 272 g/mol. The van der Waals surface area contributed by atoms with Crippen LogP contribution in [0.5, 0.6) is 0 Å². The molecule has 0 aromatic heterocycles. The molecule has 116 valence electrons. The van der Waals surface area contributed by atoms with Crippen molar-refractivity contribution in [3.05, 3.63) is 23.8 Å². The normalized spacial score (nSPS) is 10.0. The number of benzene rings is 1. The van der Waals surface area contributed by atoms with Crippen LogP contribution in [-0.2, 0) is 9.53 Å². The van der Waals surface area contributed by atoms with Crippen LogP contribution in [0.4, 0.5) is 11.4 Å². The number of nitrogens with two attached hydrogens (primary N) is 1. The van der Waals surface area contributed by atoms with E-state index < -0.39 is 0 Å². The number of hydrogen-bond acceptors (Lipinski definition) is 5. The van der Waals surface area contributed by atoms with E-state index in [4.69, 9.17) is 10.5 Å². The van der Waals surface area contributed by atoms with Gasteiger partial charge in [-0.2, -0.15) is 0 Å². The molecule has 7 heteroatoms. The number of rotatable bonds is 8. The summed E-state index contributed by atoms with van der Waals surface area (Å²) in [5.41, 5.74) is 7.39. The fourth-order valence-electron chi connectivity index (χ4n) is 1.66. The van der Waals surface area contributed by atoms with Crippen molar-refractivity contribution in [2.24, 2.45) is 0 Å². The van der Waals surface area contributed by atoms with Crippen molar-refractivity contribution >= 4 is 23.2 Å². The SMILES string of the molecule is CCNC(=O)c1ccc(NCC(=O)NCCOC)c(N)c1. The molecule has 0 aliphatic rings. The van der Waals surface area contributed by atoms with Gasteiger partial charge >= 0.3 is 0 Å². The largest absolute Gasteiger partial charge is 0.397 e. The van der Waals surface area contributed by atoms with E-state index in [1.54, 1.807) is 25.3 Å². The van der Waals surface area contributed by atoms with Crippen molar-refractivity contribution in [1.82, 2.24) is 10.6 Å². The Balaban J connectivity index is 2.53. The van der Waals surface area contributed by atoms with Gasteiger partial charge in [-0.1, -0.05) is 0 Å². The topological polar surface area (TPSA) is 105 Å². The van der Waals surface area contributed by atoms with Gasteiger partial charge < -0.3 is 26.4 Å². The summed E-state index contributed by atoms with van der Waals surface area (Å²) in [5.74, 6) is -0.327. The van der Waals surface area contributed by atoms with Crippen molar-refractivity contribution in [3.63, 3.8) is 0 Å². The third-order valence-electron chi connectivity index (χ3n) is 2.72. The Morgan fingerprint density at radius 3 is 2.67 bits per heavy atom. The van der Waals surface area contributed by atoms with Crippen LogP contribution in [0.3, 0.4) is 0 Å². The summed E-state index contributed by atoms with van der Waals surface area (Å²) in [6.45, 7) is 3.44. The summed E-state index contributed by atoms with van der Waals surface area (Å²) < 4.78 is 4.84. The molecule has 21 heavy (non-hydrogen) atoms. The van der Waals surface area contributed by atoms with Crippen LogP contribution in [0.15, 0.2) is 18.2 Å². The summed E-state index contributed by atoms with van der Waals surface area (Å²) in [5, 5.41) is 8.31. The molecule has 0 atom stereocenters. The quantitative estimate of drug-likeness (QED) is 0.405. The lowest BCUT2D eigenvalue weighted by Gasteiger charge is -2.11. The molecule has 0 saturated heterocycles. The Kier molecular flexibility index (Phi) is 7.03.